The molecule has 0 atom stereocenters. The lowest BCUT2D eigenvalue weighted by Crippen LogP contribution is -2.61. The minimum atomic E-state index is -0.103. The number of hydrogen-bond donors (Lipinski definition) is 0. The highest BCUT2D eigenvalue weighted by Crippen LogP contribution is 2.59. The van der Waals surface area contributed by atoms with Gasteiger partial charge in [0.25, 0.3) is 6.71 Å². The Labute approximate surface area is 421 Å². The van der Waals surface area contributed by atoms with Crippen LogP contribution in [0.5, 0.6) is 0 Å². The highest BCUT2D eigenvalue weighted by atomic mass is 16.3. The van der Waals surface area contributed by atoms with Crippen molar-refractivity contribution in [3.8, 4) is 0 Å². The van der Waals surface area contributed by atoms with E-state index in [0.717, 1.165) is 24.3 Å². The third-order valence-corrected chi connectivity index (χ3v) is 19.1. The Kier molecular flexibility index (Phi) is 9.80. The molecule has 1 aromatic heterocycles. The van der Waals surface area contributed by atoms with Gasteiger partial charge in [-0.1, -0.05) is 128 Å². The zero-order chi connectivity index (χ0) is 49.5. The predicted octanol–water partition coefficient (Wildman–Crippen LogP) is 15.9. The van der Waals surface area contributed by atoms with Crippen molar-refractivity contribution in [1.82, 2.24) is 0 Å². The van der Waals surface area contributed by atoms with Crippen LogP contribution in [0.15, 0.2) is 83.3 Å². The molecule has 0 unspecified atom stereocenters. The van der Waals surface area contributed by atoms with Gasteiger partial charge in [0.1, 0.15) is 5.58 Å². The minimum Gasteiger partial charge on any atom is -0.468 e. The van der Waals surface area contributed by atoms with Crippen molar-refractivity contribution in [2.75, 3.05) is 27.8 Å². The van der Waals surface area contributed by atoms with E-state index in [1.54, 1.807) is 5.56 Å². The number of nitrogens with zero attached hydrogens (tertiary/aromatic N) is 3. The molecule has 7 aliphatic rings. The minimum absolute atomic E-state index is 0.0378. The molecule has 2 bridgehead atoms. The fraction of sp³-hybridized carbons (Fsp3) is 0.508. The molecule has 2 fully saturated rings. The van der Waals surface area contributed by atoms with E-state index < -0.39 is 0 Å². The van der Waals surface area contributed by atoms with Gasteiger partial charge in [0.2, 0.25) is 0 Å². The van der Waals surface area contributed by atoms with Crippen LogP contribution in [0.1, 0.15) is 201 Å². The van der Waals surface area contributed by atoms with Gasteiger partial charge in [-0.25, -0.2) is 0 Å². The maximum Gasteiger partial charge on any atom is 0.297 e. The average Bonchev–Trinajstić information content (AvgIpc) is 3.68. The molecule has 6 aromatic rings. The molecule has 0 amide bonds. The number of hydrogen-bond acceptors (Lipinski definition) is 4. The molecule has 70 heavy (non-hydrogen) atoms. The molecular weight excluding hydrogens is 850 g/mol. The highest BCUT2D eigenvalue weighted by Gasteiger charge is 2.51. The van der Waals surface area contributed by atoms with Crippen LogP contribution in [0.25, 0.3) is 11.0 Å². The van der Waals surface area contributed by atoms with Gasteiger partial charge in [-0.2, -0.15) is 0 Å². The van der Waals surface area contributed by atoms with E-state index in [1.165, 1.54) is 147 Å². The van der Waals surface area contributed by atoms with E-state index in [0.29, 0.717) is 0 Å². The summed E-state index contributed by atoms with van der Waals surface area (Å²) in [4.78, 5) is 8.09. The quantitative estimate of drug-likeness (QED) is 0.165. The first kappa shape index (κ1) is 46.2. The van der Waals surface area contributed by atoms with E-state index in [4.69, 9.17) is 4.42 Å². The zero-order valence-corrected chi connectivity index (χ0v) is 45.6. The summed E-state index contributed by atoms with van der Waals surface area (Å²) >= 11 is 0. The average molecular weight is 930 g/mol. The summed E-state index contributed by atoms with van der Waals surface area (Å²) in [5.74, 6) is 0. The van der Waals surface area contributed by atoms with Crippen molar-refractivity contribution >= 4 is 74.1 Å². The summed E-state index contributed by atoms with van der Waals surface area (Å²) in [7, 11) is 0. The molecule has 4 nitrogen and oxygen atoms in total. The van der Waals surface area contributed by atoms with Crippen molar-refractivity contribution in [2.24, 2.45) is 0 Å². The molecule has 4 heterocycles. The summed E-state index contributed by atoms with van der Waals surface area (Å²) in [6.07, 6.45) is 11.1. The summed E-state index contributed by atoms with van der Waals surface area (Å²) in [6, 6.07) is 32.9. The largest absolute Gasteiger partial charge is 0.468 e. The molecule has 1 saturated heterocycles. The number of anilines is 7. The first-order valence-corrected chi connectivity index (χ1v) is 27.4. The zero-order valence-electron chi connectivity index (χ0n) is 45.6. The molecule has 0 spiro atoms. The molecule has 4 aliphatic carbocycles. The molecule has 5 aromatic carbocycles. The Morgan fingerprint density at radius 3 is 1.64 bits per heavy atom. The predicted molar refractivity (Wildman–Crippen MR) is 301 cm³/mol. The van der Waals surface area contributed by atoms with Crippen LogP contribution in [0.3, 0.4) is 0 Å². The summed E-state index contributed by atoms with van der Waals surface area (Å²) in [6.45, 7) is 38.4. The van der Waals surface area contributed by atoms with E-state index in [-0.39, 0.29) is 44.6 Å². The lowest BCUT2D eigenvalue weighted by molar-refractivity contribution is 0.188. The van der Waals surface area contributed by atoms with Crippen LogP contribution in [0.4, 0.5) is 39.8 Å². The number of rotatable bonds is 3. The van der Waals surface area contributed by atoms with Crippen molar-refractivity contribution in [3.63, 3.8) is 0 Å². The maximum absolute atomic E-state index is 7.76. The lowest BCUT2D eigenvalue weighted by Gasteiger charge is -2.52. The van der Waals surface area contributed by atoms with Gasteiger partial charge < -0.3 is 19.1 Å². The van der Waals surface area contributed by atoms with Gasteiger partial charge in [0.15, 0.2) is 0 Å². The summed E-state index contributed by atoms with van der Waals surface area (Å²) in [5, 5.41) is 1.27. The molecule has 364 valence electrons. The van der Waals surface area contributed by atoms with Crippen LogP contribution in [-0.4, -0.2) is 19.8 Å². The Morgan fingerprint density at radius 1 is 0.471 bits per heavy atom. The van der Waals surface area contributed by atoms with E-state index in [9.17, 15) is 0 Å². The summed E-state index contributed by atoms with van der Waals surface area (Å²) in [5.41, 5.74) is 24.3. The Hall–Kier alpha value is -4.90. The van der Waals surface area contributed by atoms with Crippen LogP contribution >= 0.6 is 0 Å². The van der Waals surface area contributed by atoms with Crippen molar-refractivity contribution < 1.29 is 4.42 Å². The van der Waals surface area contributed by atoms with Crippen LogP contribution in [0, 0.1) is 0 Å². The fourth-order valence-electron chi connectivity index (χ4n) is 14.1. The highest BCUT2D eigenvalue weighted by molar-refractivity contribution is 7.00. The topological polar surface area (TPSA) is 22.9 Å². The second-order valence-electron chi connectivity index (χ2n) is 28.2. The first-order valence-electron chi connectivity index (χ1n) is 27.4. The first-order chi connectivity index (χ1) is 32.8. The monoisotopic (exact) mass is 930 g/mol. The standard InChI is InChI=1S/C65H80BN3O/c1-59(2,3)40-19-22-52-51(34-40)66-56-53(68(52)45-32-41(60(4,5)6)31-42(33-45)61(7,8)9)36-44(67-29-17-16-18-30-67)37-54(56)69(43-20-21-47-48(35-43)63(12,13)24-23-62(47,10)11)57-46-38-49-50(39-55(46)70-58(57)66)65(15)27-25-64(49,14)26-28-65/h19-22,31-39H,16-18,23-30H2,1-15H3. The third kappa shape index (κ3) is 6.88. The van der Waals surface area contributed by atoms with Gasteiger partial charge in [0, 0.05) is 52.6 Å². The normalized spacial score (nSPS) is 23.2. The van der Waals surface area contributed by atoms with E-state index in [1.807, 2.05) is 0 Å². The molecule has 3 aliphatic heterocycles. The SMILES string of the molecule is CC(C)(C)c1cc(N2c3ccc(C(C)(C)C)cc3B3c4oc5cc6c(cc5c4N(c4ccc5c(c4)C(C)(C)CCC5(C)C)c4cc(N5CCCCC5)cc2c43)C2(C)CCC6(C)CC2)cc(C(C)(C)C)c1. The van der Waals surface area contributed by atoms with Gasteiger partial charge in [-0.05, 0) is 200 Å². The Bertz CT molecular complexity index is 3110. The molecule has 5 heteroatoms. The molecule has 13 rings (SSSR count). The molecule has 1 saturated carbocycles. The molecule has 0 N–H and O–H groups in total. The van der Waals surface area contributed by atoms with E-state index >= 15 is 0 Å². The van der Waals surface area contributed by atoms with Crippen LogP contribution in [-0.2, 0) is 37.9 Å². The Morgan fingerprint density at radius 2 is 1.04 bits per heavy atom. The third-order valence-electron chi connectivity index (χ3n) is 19.1. The van der Waals surface area contributed by atoms with Gasteiger partial charge in [0.05, 0.1) is 11.3 Å². The molecule has 0 radical (unpaired) electrons. The second kappa shape index (κ2) is 14.9. The number of benzene rings is 5. The van der Waals surface area contributed by atoms with Crippen LogP contribution < -0.4 is 31.3 Å². The van der Waals surface area contributed by atoms with Gasteiger partial charge in [-0.15, -0.1) is 0 Å². The smallest absolute Gasteiger partial charge is 0.297 e. The van der Waals surface area contributed by atoms with Gasteiger partial charge in [-0.3, -0.25) is 0 Å². The maximum atomic E-state index is 7.76. The number of fused-ring (bicyclic) bond motifs is 9. The Balaban J connectivity index is 1.23. The molecular formula is C65H80BN3O. The fourth-order valence-corrected chi connectivity index (χ4v) is 14.1. The lowest BCUT2D eigenvalue weighted by atomic mass is 9.35. The summed E-state index contributed by atoms with van der Waals surface area (Å²) < 4.78 is 7.76. The second-order valence-corrected chi connectivity index (χ2v) is 28.2. The van der Waals surface area contributed by atoms with E-state index in [2.05, 4.69) is 197 Å². The number of piperidine rings is 1. The van der Waals surface area contributed by atoms with Crippen molar-refractivity contribution in [2.45, 2.75) is 200 Å². The van der Waals surface area contributed by atoms with Crippen molar-refractivity contribution in [1.29, 1.82) is 0 Å². The van der Waals surface area contributed by atoms with Gasteiger partial charge >= 0.3 is 0 Å². The number of furan rings is 1. The van der Waals surface area contributed by atoms with Crippen molar-refractivity contribution in [3.05, 3.63) is 118 Å². The van der Waals surface area contributed by atoms with Crippen LogP contribution in [0.2, 0.25) is 0 Å².